The molecule has 4 heteroatoms. The minimum Gasteiger partial charge on any atom is -0.494 e. The lowest BCUT2D eigenvalue weighted by Gasteiger charge is -2.24. The van der Waals surface area contributed by atoms with E-state index in [-0.39, 0.29) is 0 Å². The minimum atomic E-state index is 0.580. The predicted octanol–water partition coefficient (Wildman–Crippen LogP) is 3.56. The molecular weight excluding hydrogens is 268 g/mol. The topological polar surface area (TPSA) is 33.3 Å². The smallest absolute Gasteiger partial charge is 0.171 e. The maximum absolute atomic E-state index is 5.43. The number of fused-ring (bicyclic) bond motifs is 2. The lowest BCUT2D eigenvalue weighted by Crippen LogP contribution is -2.40. The van der Waals surface area contributed by atoms with Crippen molar-refractivity contribution in [3.8, 4) is 5.75 Å². The Morgan fingerprint density at radius 2 is 2.05 bits per heavy atom. The molecular formula is C16H22N2OS. The van der Waals surface area contributed by atoms with Crippen LogP contribution in [0, 0.1) is 11.8 Å². The van der Waals surface area contributed by atoms with Crippen LogP contribution in [0.15, 0.2) is 24.3 Å². The highest BCUT2D eigenvalue weighted by molar-refractivity contribution is 7.80. The highest BCUT2D eigenvalue weighted by Crippen LogP contribution is 2.44. The molecule has 2 aliphatic rings. The number of rotatable bonds is 4. The molecule has 0 radical (unpaired) electrons. The Morgan fingerprint density at radius 1 is 1.25 bits per heavy atom. The van der Waals surface area contributed by atoms with Gasteiger partial charge in [0, 0.05) is 11.7 Å². The van der Waals surface area contributed by atoms with Crippen molar-refractivity contribution in [1.82, 2.24) is 5.32 Å². The Morgan fingerprint density at radius 3 is 2.65 bits per heavy atom. The van der Waals surface area contributed by atoms with Gasteiger partial charge in [-0.15, -0.1) is 0 Å². The number of anilines is 1. The molecule has 3 nitrogen and oxygen atoms in total. The van der Waals surface area contributed by atoms with Gasteiger partial charge in [-0.1, -0.05) is 6.42 Å². The summed E-state index contributed by atoms with van der Waals surface area (Å²) in [5.41, 5.74) is 1.01. The van der Waals surface area contributed by atoms with Gasteiger partial charge in [-0.25, -0.2) is 0 Å². The van der Waals surface area contributed by atoms with Crippen molar-refractivity contribution < 1.29 is 4.74 Å². The normalized spacial score (nSPS) is 27.4. The molecule has 20 heavy (non-hydrogen) atoms. The van der Waals surface area contributed by atoms with Gasteiger partial charge in [-0.3, -0.25) is 0 Å². The Kier molecular flexibility index (Phi) is 4.10. The van der Waals surface area contributed by atoms with Crippen molar-refractivity contribution in [2.24, 2.45) is 11.8 Å². The van der Waals surface area contributed by atoms with E-state index in [0.717, 1.165) is 28.4 Å². The number of hydrogen-bond donors (Lipinski definition) is 2. The average Bonchev–Trinajstić information content (AvgIpc) is 3.03. The van der Waals surface area contributed by atoms with Crippen molar-refractivity contribution in [2.75, 3.05) is 11.9 Å². The molecule has 0 aromatic heterocycles. The van der Waals surface area contributed by atoms with E-state index in [4.69, 9.17) is 17.0 Å². The Bertz CT molecular complexity index is 474. The summed E-state index contributed by atoms with van der Waals surface area (Å²) in [6.07, 6.45) is 5.47. The standard InChI is InChI=1S/C16H22N2OS/c1-2-19-14-7-5-13(6-8-14)17-16(20)18-15-10-11-3-4-12(15)9-11/h5-8,11-12,15H,2-4,9-10H2,1H3,(H2,17,18,20). The van der Waals surface area contributed by atoms with Gasteiger partial charge in [0.1, 0.15) is 5.75 Å². The average molecular weight is 290 g/mol. The van der Waals surface area contributed by atoms with Gasteiger partial charge in [-0.2, -0.15) is 0 Å². The van der Waals surface area contributed by atoms with E-state index in [1.54, 1.807) is 0 Å². The molecule has 1 aromatic carbocycles. The van der Waals surface area contributed by atoms with Crippen molar-refractivity contribution in [1.29, 1.82) is 0 Å². The first-order valence-corrected chi connectivity index (χ1v) is 7.96. The second-order valence-electron chi connectivity index (χ2n) is 5.84. The van der Waals surface area contributed by atoms with Crippen molar-refractivity contribution in [3.05, 3.63) is 24.3 Å². The first-order chi connectivity index (χ1) is 9.74. The van der Waals surface area contributed by atoms with Crippen LogP contribution in [-0.2, 0) is 0 Å². The van der Waals surface area contributed by atoms with Gasteiger partial charge < -0.3 is 15.4 Å². The Labute approximate surface area is 126 Å². The summed E-state index contributed by atoms with van der Waals surface area (Å²) < 4.78 is 5.43. The third kappa shape index (κ3) is 3.06. The van der Waals surface area contributed by atoms with Crippen LogP contribution >= 0.6 is 12.2 Å². The van der Waals surface area contributed by atoms with Crippen LogP contribution in [0.4, 0.5) is 5.69 Å². The number of nitrogens with one attached hydrogen (secondary N) is 2. The van der Waals surface area contributed by atoms with Gasteiger partial charge in [0.2, 0.25) is 0 Å². The molecule has 0 spiro atoms. The van der Waals surface area contributed by atoms with Gasteiger partial charge in [-0.05, 0) is 74.5 Å². The van der Waals surface area contributed by atoms with Gasteiger partial charge in [0.05, 0.1) is 6.61 Å². The first kappa shape index (κ1) is 13.7. The molecule has 2 fully saturated rings. The van der Waals surface area contributed by atoms with Crippen molar-refractivity contribution in [3.63, 3.8) is 0 Å². The van der Waals surface area contributed by atoms with Crippen molar-refractivity contribution in [2.45, 2.75) is 38.6 Å². The van der Waals surface area contributed by atoms with E-state index in [2.05, 4.69) is 10.6 Å². The molecule has 0 heterocycles. The zero-order valence-corrected chi connectivity index (χ0v) is 12.7. The highest BCUT2D eigenvalue weighted by atomic mass is 32.1. The zero-order chi connectivity index (χ0) is 13.9. The molecule has 3 unspecified atom stereocenters. The van der Waals surface area contributed by atoms with E-state index in [1.165, 1.54) is 25.7 Å². The summed E-state index contributed by atoms with van der Waals surface area (Å²) in [5, 5.41) is 7.49. The summed E-state index contributed by atoms with van der Waals surface area (Å²) in [7, 11) is 0. The molecule has 2 aliphatic carbocycles. The summed E-state index contributed by atoms with van der Waals surface area (Å²) in [6.45, 7) is 2.68. The summed E-state index contributed by atoms with van der Waals surface area (Å²) >= 11 is 5.42. The largest absolute Gasteiger partial charge is 0.494 e. The summed E-state index contributed by atoms with van der Waals surface area (Å²) in [4.78, 5) is 0. The fourth-order valence-corrected chi connectivity index (χ4v) is 3.83. The lowest BCUT2D eigenvalue weighted by molar-refractivity contribution is 0.340. The maximum Gasteiger partial charge on any atom is 0.171 e. The van der Waals surface area contributed by atoms with Crippen LogP contribution in [0.5, 0.6) is 5.75 Å². The van der Waals surface area contributed by atoms with Crippen LogP contribution in [0.2, 0.25) is 0 Å². The van der Waals surface area contributed by atoms with E-state index >= 15 is 0 Å². The van der Waals surface area contributed by atoms with E-state index < -0.39 is 0 Å². The van der Waals surface area contributed by atoms with Gasteiger partial charge in [0.25, 0.3) is 0 Å². The van der Waals surface area contributed by atoms with Crippen molar-refractivity contribution >= 4 is 23.0 Å². The van der Waals surface area contributed by atoms with Crippen LogP contribution in [0.3, 0.4) is 0 Å². The number of hydrogen-bond acceptors (Lipinski definition) is 2. The number of benzene rings is 1. The molecule has 1 aromatic rings. The second-order valence-corrected chi connectivity index (χ2v) is 6.25. The fraction of sp³-hybridized carbons (Fsp3) is 0.562. The highest BCUT2D eigenvalue weighted by Gasteiger charge is 2.39. The predicted molar refractivity (Wildman–Crippen MR) is 86.2 cm³/mol. The number of ether oxygens (including phenoxy) is 1. The quantitative estimate of drug-likeness (QED) is 0.831. The molecule has 3 rings (SSSR count). The SMILES string of the molecule is CCOc1ccc(NC(=S)NC2CC3CCC2C3)cc1. The Balaban J connectivity index is 1.51. The first-order valence-electron chi connectivity index (χ1n) is 7.55. The minimum absolute atomic E-state index is 0.580. The summed E-state index contributed by atoms with van der Waals surface area (Å²) in [5.74, 6) is 2.66. The molecule has 2 bridgehead atoms. The third-order valence-electron chi connectivity index (χ3n) is 4.48. The third-order valence-corrected chi connectivity index (χ3v) is 4.70. The van der Waals surface area contributed by atoms with E-state index in [0.29, 0.717) is 12.6 Å². The van der Waals surface area contributed by atoms with Crippen LogP contribution in [0.25, 0.3) is 0 Å². The lowest BCUT2D eigenvalue weighted by atomic mass is 9.96. The molecule has 3 atom stereocenters. The fourth-order valence-electron chi connectivity index (χ4n) is 3.56. The molecule has 108 valence electrons. The summed E-state index contributed by atoms with van der Waals surface area (Å²) in [6, 6.07) is 8.51. The molecule has 2 saturated carbocycles. The molecule has 0 amide bonds. The van der Waals surface area contributed by atoms with Crippen LogP contribution < -0.4 is 15.4 Å². The van der Waals surface area contributed by atoms with E-state index in [1.807, 2.05) is 31.2 Å². The maximum atomic E-state index is 5.43. The monoisotopic (exact) mass is 290 g/mol. The molecule has 0 aliphatic heterocycles. The number of thiocarbonyl (C=S) groups is 1. The molecule has 2 N–H and O–H groups in total. The van der Waals surface area contributed by atoms with Crippen LogP contribution in [-0.4, -0.2) is 17.8 Å². The Hall–Kier alpha value is -1.29. The van der Waals surface area contributed by atoms with Crippen LogP contribution in [0.1, 0.15) is 32.6 Å². The van der Waals surface area contributed by atoms with Gasteiger partial charge >= 0.3 is 0 Å². The zero-order valence-electron chi connectivity index (χ0n) is 11.9. The van der Waals surface area contributed by atoms with E-state index in [9.17, 15) is 0 Å². The molecule has 0 saturated heterocycles. The second kappa shape index (κ2) is 6.00. The van der Waals surface area contributed by atoms with Gasteiger partial charge in [0.15, 0.2) is 5.11 Å².